The minimum absolute atomic E-state index is 0.345. The van der Waals surface area contributed by atoms with Crippen LogP contribution >= 0.6 is 0 Å². The Labute approximate surface area is 108 Å². The first kappa shape index (κ1) is 14.3. The monoisotopic (exact) mass is 248 g/mol. The highest BCUT2D eigenvalue weighted by Gasteiger charge is 2.13. The van der Waals surface area contributed by atoms with E-state index in [0.717, 1.165) is 16.9 Å². The van der Waals surface area contributed by atoms with E-state index in [4.69, 9.17) is 9.47 Å². The van der Waals surface area contributed by atoms with Crippen LogP contribution in [0.4, 0.5) is 0 Å². The van der Waals surface area contributed by atoms with Gasteiger partial charge in [-0.15, -0.1) is 0 Å². The molecule has 1 aromatic rings. The van der Waals surface area contributed by atoms with E-state index in [2.05, 4.69) is 0 Å². The molecule has 0 aliphatic carbocycles. The highest BCUT2D eigenvalue weighted by molar-refractivity contribution is 5.87. The molecule has 0 amide bonds. The standard InChI is InChI=1S/C15H20O3/c1-11-6-7-12(10-13(11)17-5)8-9-14(16)18-15(2,3)4/h6-10H,1-5H3/b9-8+. The van der Waals surface area contributed by atoms with Gasteiger partial charge in [0.1, 0.15) is 11.4 Å². The Balaban J connectivity index is 2.76. The van der Waals surface area contributed by atoms with Crippen molar-refractivity contribution in [3.8, 4) is 5.75 Å². The number of esters is 1. The molecule has 98 valence electrons. The van der Waals surface area contributed by atoms with Gasteiger partial charge in [0, 0.05) is 6.08 Å². The maximum atomic E-state index is 11.5. The zero-order valence-corrected chi connectivity index (χ0v) is 11.6. The zero-order valence-electron chi connectivity index (χ0n) is 11.6. The van der Waals surface area contributed by atoms with Gasteiger partial charge in [-0.3, -0.25) is 0 Å². The fourth-order valence-electron chi connectivity index (χ4n) is 1.44. The molecule has 0 saturated heterocycles. The van der Waals surface area contributed by atoms with E-state index in [1.165, 1.54) is 6.08 Å². The lowest BCUT2D eigenvalue weighted by Gasteiger charge is -2.17. The largest absolute Gasteiger partial charge is 0.496 e. The van der Waals surface area contributed by atoms with Crippen LogP contribution in [0.25, 0.3) is 6.08 Å². The SMILES string of the molecule is COc1cc(/C=C/C(=O)OC(C)(C)C)ccc1C. The van der Waals surface area contributed by atoms with E-state index < -0.39 is 5.60 Å². The predicted octanol–water partition coefficient (Wildman–Crippen LogP) is 3.36. The van der Waals surface area contributed by atoms with Gasteiger partial charge in [-0.05, 0) is 51.0 Å². The first-order valence-corrected chi connectivity index (χ1v) is 5.87. The molecular formula is C15H20O3. The lowest BCUT2D eigenvalue weighted by molar-refractivity contribution is -0.148. The molecule has 3 nitrogen and oxygen atoms in total. The molecule has 0 aromatic heterocycles. The van der Waals surface area contributed by atoms with Crippen molar-refractivity contribution in [1.82, 2.24) is 0 Å². The van der Waals surface area contributed by atoms with Gasteiger partial charge in [-0.25, -0.2) is 4.79 Å². The highest BCUT2D eigenvalue weighted by atomic mass is 16.6. The fourth-order valence-corrected chi connectivity index (χ4v) is 1.44. The van der Waals surface area contributed by atoms with Crippen molar-refractivity contribution in [2.24, 2.45) is 0 Å². The quantitative estimate of drug-likeness (QED) is 0.608. The molecule has 0 fully saturated rings. The molecule has 1 rings (SSSR count). The van der Waals surface area contributed by atoms with Crippen molar-refractivity contribution in [2.45, 2.75) is 33.3 Å². The van der Waals surface area contributed by atoms with Gasteiger partial charge in [0.05, 0.1) is 7.11 Å². The Morgan fingerprint density at radius 1 is 1.28 bits per heavy atom. The summed E-state index contributed by atoms with van der Waals surface area (Å²) in [5.41, 5.74) is 1.50. The molecule has 0 aliphatic heterocycles. The molecular weight excluding hydrogens is 228 g/mol. The molecule has 0 radical (unpaired) electrons. The zero-order chi connectivity index (χ0) is 13.8. The maximum absolute atomic E-state index is 11.5. The molecule has 0 aliphatic rings. The average molecular weight is 248 g/mol. The molecule has 18 heavy (non-hydrogen) atoms. The number of aryl methyl sites for hydroxylation is 1. The molecule has 3 heteroatoms. The molecule has 0 atom stereocenters. The van der Waals surface area contributed by atoms with Crippen LogP contribution in [0, 0.1) is 6.92 Å². The van der Waals surface area contributed by atoms with Gasteiger partial charge in [-0.2, -0.15) is 0 Å². The highest BCUT2D eigenvalue weighted by Crippen LogP contribution is 2.19. The van der Waals surface area contributed by atoms with E-state index in [1.807, 2.05) is 45.9 Å². The summed E-state index contributed by atoms with van der Waals surface area (Å²) in [4.78, 5) is 11.5. The summed E-state index contributed by atoms with van der Waals surface area (Å²) >= 11 is 0. The fraction of sp³-hybridized carbons (Fsp3) is 0.400. The Hall–Kier alpha value is -1.77. The van der Waals surface area contributed by atoms with Crippen molar-refractivity contribution in [3.05, 3.63) is 35.4 Å². The van der Waals surface area contributed by atoms with Crippen LogP contribution in [0.15, 0.2) is 24.3 Å². The molecule has 0 heterocycles. The minimum Gasteiger partial charge on any atom is -0.496 e. The second-order valence-corrected chi connectivity index (χ2v) is 5.10. The smallest absolute Gasteiger partial charge is 0.331 e. The lowest BCUT2D eigenvalue weighted by atomic mass is 10.1. The lowest BCUT2D eigenvalue weighted by Crippen LogP contribution is -2.22. The number of methoxy groups -OCH3 is 1. The van der Waals surface area contributed by atoms with E-state index in [0.29, 0.717) is 0 Å². The Bertz CT molecular complexity index is 453. The van der Waals surface area contributed by atoms with Crippen LogP contribution in [0.2, 0.25) is 0 Å². The van der Waals surface area contributed by atoms with Gasteiger partial charge >= 0.3 is 5.97 Å². The summed E-state index contributed by atoms with van der Waals surface area (Å²) in [6, 6.07) is 5.77. The van der Waals surface area contributed by atoms with Gasteiger partial charge < -0.3 is 9.47 Å². The van der Waals surface area contributed by atoms with Crippen LogP contribution in [0.3, 0.4) is 0 Å². The molecule has 0 spiro atoms. The van der Waals surface area contributed by atoms with E-state index >= 15 is 0 Å². The predicted molar refractivity (Wildman–Crippen MR) is 72.6 cm³/mol. The number of ether oxygens (including phenoxy) is 2. The summed E-state index contributed by atoms with van der Waals surface area (Å²) in [5, 5.41) is 0. The van der Waals surface area contributed by atoms with Crippen molar-refractivity contribution in [1.29, 1.82) is 0 Å². The second kappa shape index (κ2) is 5.71. The second-order valence-electron chi connectivity index (χ2n) is 5.10. The average Bonchev–Trinajstić information content (AvgIpc) is 2.25. The molecule has 0 bridgehead atoms. The Kier molecular flexibility index (Phi) is 4.54. The first-order valence-electron chi connectivity index (χ1n) is 5.87. The third kappa shape index (κ3) is 4.62. The van der Waals surface area contributed by atoms with Gasteiger partial charge in [0.15, 0.2) is 0 Å². The van der Waals surface area contributed by atoms with Crippen LogP contribution in [0.5, 0.6) is 5.75 Å². The van der Waals surface area contributed by atoms with Crippen LogP contribution in [-0.2, 0) is 9.53 Å². The third-order valence-electron chi connectivity index (χ3n) is 2.25. The third-order valence-corrected chi connectivity index (χ3v) is 2.25. The molecule has 0 N–H and O–H groups in total. The van der Waals surface area contributed by atoms with Crippen LogP contribution in [0.1, 0.15) is 31.9 Å². The van der Waals surface area contributed by atoms with Crippen molar-refractivity contribution >= 4 is 12.0 Å². The summed E-state index contributed by atoms with van der Waals surface area (Å²) in [5.74, 6) is 0.461. The number of hydrogen-bond donors (Lipinski definition) is 0. The normalized spacial score (nSPS) is 11.6. The van der Waals surface area contributed by atoms with Gasteiger partial charge in [-0.1, -0.05) is 12.1 Å². The number of benzene rings is 1. The first-order chi connectivity index (χ1) is 8.31. The Morgan fingerprint density at radius 2 is 1.94 bits per heavy atom. The van der Waals surface area contributed by atoms with Crippen molar-refractivity contribution in [3.63, 3.8) is 0 Å². The summed E-state index contributed by atoms with van der Waals surface area (Å²) in [7, 11) is 1.63. The van der Waals surface area contributed by atoms with Crippen LogP contribution < -0.4 is 4.74 Å². The molecule has 0 saturated carbocycles. The molecule has 1 aromatic carbocycles. The van der Waals surface area contributed by atoms with Crippen molar-refractivity contribution in [2.75, 3.05) is 7.11 Å². The van der Waals surface area contributed by atoms with Crippen molar-refractivity contribution < 1.29 is 14.3 Å². The summed E-state index contributed by atoms with van der Waals surface area (Å²) < 4.78 is 10.4. The molecule has 0 unspecified atom stereocenters. The van der Waals surface area contributed by atoms with E-state index in [-0.39, 0.29) is 5.97 Å². The number of carbonyl (C=O) groups is 1. The Morgan fingerprint density at radius 3 is 2.50 bits per heavy atom. The topological polar surface area (TPSA) is 35.5 Å². The number of rotatable bonds is 3. The number of hydrogen-bond acceptors (Lipinski definition) is 3. The number of carbonyl (C=O) groups excluding carboxylic acids is 1. The summed E-state index contributed by atoms with van der Waals surface area (Å²) in [6.07, 6.45) is 3.14. The van der Waals surface area contributed by atoms with Crippen LogP contribution in [-0.4, -0.2) is 18.7 Å². The van der Waals surface area contributed by atoms with E-state index in [1.54, 1.807) is 13.2 Å². The minimum atomic E-state index is -0.466. The maximum Gasteiger partial charge on any atom is 0.331 e. The van der Waals surface area contributed by atoms with Gasteiger partial charge in [0.25, 0.3) is 0 Å². The van der Waals surface area contributed by atoms with Gasteiger partial charge in [0.2, 0.25) is 0 Å². The van der Waals surface area contributed by atoms with E-state index in [9.17, 15) is 4.79 Å². The summed E-state index contributed by atoms with van der Waals surface area (Å²) in [6.45, 7) is 7.50.